The maximum atomic E-state index is 8.65. The third kappa shape index (κ3) is 3.23. The zero-order valence-electron chi connectivity index (χ0n) is 13.3. The van der Waals surface area contributed by atoms with E-state index < -0.39 is 0 Å². The molecule has 0 saturated carbocycles. The van der Waals surface area contributed by atoms with Crippen LogP contribution in [-0.4, -0.2) is 15.0 Å². The van der Waals surface area contributed by atoms with Gasteiger partial charge in [0.25, 0.3) is 0 Å². The third-order valence-electron chi connectivity index (χ3n) is 3.33. The van der Waals surface area contributed by atoms with Crippen LogP contribution in [0.15, 0.2) is 18.2 Å². The summed E-state index contributed by atoms with van der Waals surface area (Å²) in [6.07, 6.45) is 3.21. The number of nitriles is 1. The Bertz CT molecular complexity index is 981. The van der Waals surface area contributed by atoms with Crippen LogP contribution in [0.2, 0.25) is 5.28 Å². The van der Waals surface area contributed by atoms with Gasteiger partial charge in [0.15, 0.2) is 5.65 Å². The minimum absolute atomic E-state index is 0.103. The third-order valence-corrected chi connectivity index (χ3v) is 4.45. The first-order valence-electron chi connectivity index (χ1n) is 7.14. The van der Waals surface area contributed by atoms with Crippen LogP contribution in [0.4, 0.5) is 0 Å². The number of nitrogens with zero attached hydrogens (tertiary/aromatic N) is 4. The standard InChI is InChI=1S/C17H13ClN4OS/c1-9-7-12(5-4-6-19)8-10(2)13(9)23-16-14-15(20-11(3)24-14)21-17(18)22-16/h4-5,7-8H,1-3H3/b5-4+. The van der Waals surface area contributed by atoms with Gasteiger partial charge in [0, 0.05) is 6.08 Å². The summed E-state index contributed by atoms with van der Waals surface area (Å²) in [4.78, 5) is 12.7. The van der Waals surface area contributed by atoms with Crippen LogP contribution in [0, 0.1) is 32.1 Å². The van der Waals surface area contributed by atoms with Crippen molar-refractivity contribution >= 4 is 39.4 Å². The molecule has 0 N–H and O–H groups in total. The molecule has 0 radical (unpaired) electrons. The van der Waals surface area contributed by atoms with Crippen LogP contribution in [0.25, 0.3) is 16.4 Å². The van der Waals surface area contributed by atoms with Crippen molar-refractivity contribution in [2.24, 2.45) is 0 Å². The maximum absolute atomic E-state index is 8.65. The number of thiazole rings is 1. The van der Waals surface area contributed by atoms with Crippen LogP contribution < -0.4 is 4.74 Å². The number of hydrogen-bond acceptors (Lipinski definition) is 6. The fourth-order valence-corrected chi connectivity index (χ4v) is 3.36. The van der Waals surface area contributed by atoms with Crippen molar-refractivity contribution in [2.75, 3.05) is 0 Å². The summed E-state index contributed by atoms with van der Waals surface area (Å²) in [5.41, 5.74) is 3.36. The minimum atomic E-state index is 0.103. The number of aromatic nitrogens is 3. The quantitative estimate of drug-likeness (QED) is 0.488. The van der Waals surface area contributed by atoms with Gasteiger partial charge in [-0.3, -0.25) is 0 Å². The molecule has 0 bridgehead atoms. The average molecular weight is 357 g/mol. The molecule has 0 aliphatic carbocycles. The number of hydrogen-bond donors (Lipinski definition) is 0. The van der Waals surface area contributed by atoms with Crippen molar-refractivity contribution in [2.45, 2.75) is 20.8 Å². The summed E-state index contributed by atoms with van der Waals surface area (Å²) in [5.74, 6) is 1.12. The lowest BCUT2D eigenvalue weighted by molar-refractivity contribution is 0.462. The fourth-order valence-electron chi connectivity index (χ4n) is 2.42. The molecule has 0 unspecified atom stereocenters. The van der Waals surface area contributed by atoms with Crippen molar-refractivity contribution in [3.63, 3.8) is 0 Å². The largest absolute Gasteiger partial charge is 0.437 e. The van der Waals surface area contributed by atoms with Gasteiger partial charge in [0.1, 0.15) is 10.4 Å². The molecule has 3 rings (SSSR count). The van der Waals surface area contributed by atoms with Gasteiger partial charge in [-0.1, -0.05) is 0 Å². The van der Waals surface area contributed by atoms with Crippen molar-refractivity contribution < 1.29 is 4.74 Å². The number of fused-ring (bicyclic) bond motifs is 1. The Morgan fingerprint density at radius 3 is 2.54 bits per heavy atom. The highest BCUT2D eigenvalue weighted by Crippen LogP contribution is 2.35. The monoisotopic (exact) mass is 356 g/mol. The van der Waals surface area contributed by atoms with Crippen LogP contribution in [-0.2, 0) is 0 Å². The first-order valence-corrected chi connectivity index (χ1v) is 8.33. The predicted molar refractivity (Wildman–Crippen MR) is 95.6 cm³/mol. The molecule has 0 amide bonds. The Hall–Kier alpha value is -2.49. The molecular weight excluding hydrogens is 344 g/mol. The number of halogens is 1. The first kappa shape index (κ1) is 16.4. The Kier molecular flexibility index (Phi) is 4.47. The Morgan fingerprint density at radius 1 is 1.17 bits per heavy atom. The highest BCUT2D eigenvalue weighted by molar-refractivity contribution is 7.18. The molecule has 0 aliphatic heterocycles. The van der Waals surface area contributed by atoms with Gasteiger partial charge in [0.05, 0.1) is 11.1 Å². The van der Waals surface area contributed by atoms with E-state index in [0.717, 1.165) is 26.4 Å². The summed E-state index contributed by atoms with van der Waals surface area (Å²) in [7, 11) is 0. The van der Waals surface area contributed by atoms with Crippen LogP contribution in [0.5, 0.6) is 11.6 Å². The van der Waals surface area contributed by atoms with Gasteiger partial charge in [-0.05, 0) is 67.3 Å². The van der Waals surface area contributed by atoms with E-state index in [9.17, 15) is 0 Å². The summed E-state index contributed by atoms with van der Waals surface area (Å²) < 4.78 is 6.82. The van der Waals surface area contributed by atoms with Crippen molar-refractivity contribution in [1.82, 2.24) is 15.0 Å². The second-order valence-corrected chi connectivity index (χ2v) is 6.77. The Morgan fingerprint density at radius 2 is 1.88 bits per heavy atom. The van der Waals surface area contributed by atoms with E-state index in [4.69, 9.17) is 21.6 Å². The lowest BCUT2D eigenvalue weighted by Crippen LogP contribution is -1.96. The van der Waals surface area contributed by atoms with E-state index >= 15 is 0 Å². The van der Waals surface area contributed by atoms with Crippen molar-refractivity contribution in [3.8, 4) is 17.7 Å². The lowest BCUT2D eigenvalue weighted by Gasteiger charge is -2.12. The van der Waals surface area contributed by atoms with Gasteiger partial charge in [-0.15, -0.1) is 11.3 Å². The number of aryl methyl sites for hydroxylation is 3. The van der Waals surface area contributed by atoms with Gasteiger partial charge < -0.3 is 4.74 Å². The summed E-state index contributed by atoms with van der Waals surface area (Å²) in [6, 6.07) is 5.89. The van der Waals surface area contributed by atoms with Crippen molar-refractivity contribution in [1.29, 1.82) is 5.26 Å². The van der Waals surface area contributed by atoms with E-state index in [0.29, 0.717) is 17.3 Å². The van der Waals surface area contributed by atoms with Gasteiger partial charge in [-0.25, -0.2) is 4.98 Å². The molecule has 24 heavy (non-hydrogen) atoms. The number of ether oxygens (including phenoxy) is 1. The molecule has 0 saturated heterocycles. The maximum Gasteiger partial charge on any atom is 0.243 e. The molecule has 2 aromatic heterocycles. The zero-order chi connectivity index (χ0) is 17.3. The molecule has 1 aromatic carbocycles. The topological polar surface area (TPSA) is 71.7 Å². The molecule has 2 heterocycles. The molecule has 3 aromatic rings. The Labute approximate surface area is 148 Å². The minimum Gasteiger partial charge on any atom is -0.437 e. The van der Waals surface area contributed by atoms with Gasteiger partial charge in [0.2, 0.25) is 11.2 Å². The SMILES string of the molecule is Cc1nc2nc(Cl)nc(Oc3c(C)cc(/C=C/C#N)cc3C)c2s1. The highest BCUT2D eigenvalue weighted by Gasteiger charge is 2.15. The molecule has 5 nitrogen and oxygen atoms in total. The lowest BCUT2D eigenvalue weighted by atomic mass is 10.1. The normalized spacial score (nSPS) is 11.1. The molecule has 0 atom stereocenters. The summed E-state index contributed by atoms with van der Waals surface area (Å²) >= 11 is 7.45. The molecule has 0 spiro atoms. The first-order chi connectivity index (χ1) is 11.5. The number of benzene rings is 1. The predicted octanol–water partition coefficient (Wildman–Crippen LogP) is 4.99. The number of rotatable bonds is 3. The average Bonchev–Trinajstić information content (AvgIpc) is 2.88. The van der Waals surface area contributed by atoms with Crippen LogP contribution >= 0.6 is 22.9 Å². The van der Waals surface area contributed by atoms with E-state index in [-0.39, 0.29) is 5.28 Å². The van der Waals surface area contributed by atoms with Crippen LogP contribution in [0.3, 0.4) is 0 Å². The van der Waals surface area contributed by atoms with E-state index in [1.165, 1.54) is 17.4 Å². The summed E-state index contributed by atoms with van der Waals surface area (Å²) in [6.45, 7) is 5.80. The highest BCUT2D eigenvalue weighted by atomic mass is 35.5. The van der Waals surface area contributed by atoms with E-state index in [1.54, 1.807) is 6.08 Å². The second kappa shape index (κ2) is 6.56. The summed E-state index contributed by atoms with van der Waals surface area (Å²) in [5, 5.41) is 9.63. The smallest absolute Gasteiger partial charge is 0.243 e. The van der Waals surface area contributed by atoms with Gasteiger partial charge >= 0.3 is 0 Å². The zero-order valence-corrected chi connectivity index (χ0v) is 14.9. The number of allylic oxidation sites excluding steroid dienone is 1. The molecule has 7 heteroatoms. The molecule has 0 aliphatic rings. The molecule has 120 valence electrons. The van der Waals surface area contributed by atoms with Crippen molar-refractivity contribution in [3.05, 3.63) is 45.2 Å². The fraction of sp³-hybridized carbons (Fsp3) is 0.176. The molecular formula is C17H13ClN4OS. The van der Waals surface area contributed by atoms with E-state index in [1.807, 2.05) is 39.0 Å². The Balaban J connectivity index is 2.06. The van der Waals surface area contributed by atoms with E-state index in [2.05, 4.69) is 15.0 Å². The van der Waals surface area contributed by atoms with Gasteiger partial charge in [-0.2, -0.15) is 15.2 Å². The van der Waals surface area contributed by atoms with Crippen LogP contribution in [0.1, 0.15) is 21.7 Å². The second-order valence-electron chi connectivity index (χ2n) is 5.23. The molecule has 0 fully saturated rings.